The van der Waals surface area contributed by atoms with Crippen molar-refractivity contribution in [3.8, 4) is 6.07 Å². The summed E-state index contributed by atoms with van der Waals surface area (Å²) in [6.07, 6.45) is 0.312. The number of hydrogen-bond acceptors (Lipinski definition) is 4. The normalized spacial score (nSPS) is 27.1. The number of carbonyl (C=O) groups excluding carboxylic acids is 1. The van der Waals surface area contributed by atoms with Gasteiger partial charge in [0.05, 0.1) is 24.2 Å². The molecule has 2 aliphatic rings. The van der Waals surface area contributed by atoms with E-state index in [2.05, 4.69) is 16.7 Å². The summed E-state index contributed by atoms with van der Waals surface area (Å²) in [5.74, 6) is 0.0211. The van der Waals surface area contributed by atoms with E-state index in [1.807, 2.05) is 12.1 Å². The number of hydrogen-bond donors (Lipinski definition) is 2. The number of nitrogens with one attached hydrogen (secondary N) is 2. The zero-order valence-corrected chi connectivity index (χ0v) is 13.0. The molecule has 1 aromatic carbocycles. The van der Waals surface area contributed by atoms with Crippen LogP contribution in [0.25, 0.3) is 0 Å². The van der Waals surface area contributed by atoms with Crippen LogP contribution >= 0.6 is 0 Å². The molecule has 0 spiro atoms. The fourth-order valence-electron chi connectivity index (χ4n) is 3.18. The molecule has 6 heteroatoms. The van der Waals surface area contributed by atoms with Gasteiger partial charge in [0, 0.05) is 25.7 Å². The first-order valence-corrected chi connectivity index (χ1v) is 8.04. The lowest BCUT2D eigenvalue weighted by atomic mass is 10.1. The smallest absolute Gasteiger partial charge is 0.239 e. The Bertz CT molecular complexity index is 598. The van der Waals surface area contributed by atoms with Crippen LogP contribution in [0.4, 0.5) is 4.39 Å². The fourth-order valence-corrected chi connectivity index (χ4v) is 3.18. The first-order chi connectivity index (χ1) is 11.2. The minimum atomic E-state index is -0.870. The molecule has 0 aromatic heterocycles. The van der Waals surface area contributed by atoms with Crippen molar-refractivity contribution in [2.45, 2.75) is 37.6 Å². The summed E-state index contributed by atoms with van der Waals surface area (Å²) in [6, 6.07) is 9.59. The van der Waals surface area contributed by atoms with Gasteiger partial charge in [0.2, 0.25) is 5.91 Å². The first-order valence-electron chi connectivity index (χ1n) is 8.04. The Hall–Kier alpha value is -1.97. The Morgan fingerprint density at radius 3 is 2.87 bits per heavy atom. The van der Waals surface area contributed by atoms with Crippen molar-refractivity contribution in [3.05, 3.63) is 35.4 Å². The molecule has 3 rings (SSSR count). The van der Waals surface area contributed by atoms with Gasteiger partial charge in [-0.05, 0) is 30.5 Å². The summed E-state index contributed by atoms with van der Waals surface area (Å²) in [4.78, 5) is 14.0. The van der Waals surface area contributed by atoms with E-state index in [9.17, 15) is 9.18 Å². The SMILES string of the molecule is N#Cc1ccc(CN[C@@H]2CN[C@H](C(=O)N3CCC(F)C3)C2)cc1. The molecule has 2 aliphatic heterocycles. The van der Waals surface area contributed by atoms with Crippen molar-refractivity contribution in [2.24, 2.45) is 0 Å². The second-order valence-electron chi connectivity index (χ2n) is 6.25. The average molecular weight is 316 g/mol. The maximum absolute atomic E-state index is 13.2. The van der Waals surface area contributed by atoms with Crippen molar-refractivity contribution in [2.75, 3.05) is 19.6 Å². The van der Waals surface area contributed by atoms with Crippen molar-refractivity contribution in [3.63, 3.8) is 0 Å². The number of likely N-dealkylation sites (tertiary alicyclic amines) is 1. The molecule has 1 unspecified atom stereocenters. The molecule has 1 aromatic rings. The maximum Gasteiger partial charge on any atom is 0.239 e. The predicted molar refractivity (Wildman–Crippen MR) is 84.3 cm³/mol. The van der Waals surface area contributed by atoms with Crippen LogP contribution < -0.4 is 10.6 Å². The second-order valence-corrected chi connectivity index (χ2v) is 6.25. The van der Waals surface area contributed by atoms with Gasteiger partial charge in [-0.2, -0.15) is 5.26 Å². The third-order valence-electron chi connectivity index (χ3n) is 4.55. The molecule has 5 nitrogen and oxygen atoms in total. The quantitative estimate of drug-likeness (QED) is 0.868. The van der Waals surface area contributed by atoms with Gasteiger partial charge in [-0.15, -0.1) is 0 Å². The lowest BCUT2D eigenvalue weighted by Crippen LogP contribution is -2.42. The Morgan fingerprint density at radius 1 is 1.43 bits per heavy atom. The van der Waals surface area contributed by atoms with Gasteiger partial charge in [0.25, 0.3) is 0 Å². The maximum atomic E-state index is 13.2. The summed E-state index contributed by atoms with van der Waals surface area (Å²) in [6.45, 7) is 2.21. The van der Waals surface area contributed by atoms with Gasteiger partial charge < -0.3 is 15.5 Å². The third-order valence-corrected chi connectivity index (χ3v) is 4.55. The monoisotopic (exact) mass is 316 g/mol. The molecule has 0 aliphatic carbocycles. The Kier molecular flexibility index (Phi) is 4.89. The van der Waals surface area contributed by atoms with Crippen LogP contribution in [-0.2, 0) is 11.3 Å². The van der Waals surface area contributed by atoms with E-state index in [4.69, 9.17) is 5.26 Å². The number of amides is 1. The van der Waals surface area contributed by atoms with Crippen LogP contribution in [0.5, 0.6) is 0 Å². The summed E-state index contributed by atoms with van der Waals surface area (Å²) in [5.41, 5.74) is 1.76. The highest BCUT2D eigenvalue weighted by atomic mass is 19.1. The van der Waals surface area contributed by atoms with Crippen LogP contribution in [0.1, 0.15) is 24.0 Å². The minimum Gasteiger partial charge on any atom is -0.338 e. The average Bonchev–Trinajstić information content (AvgIpc) is 3.22. The molecular weight excluding hydrogens is 295 g/mol. The van der Waals surface area contributed by atoms with Crippen molar-refractivity contribution in [1.82, 2.24) is 15.5 Å². The van der Waals surface area contributed by atoms with Gasteiger partial charge in [0.1, 0.15) is 6.17 Å². The number of carbonyl (C=O) groups is 1. The zero-order chi connectivity index (χ0) is 16.2. The van der Waals surface area contributed by atoms with Crippen LogP contribution in [0.2, 0.25) is 0 Å². The molecule has 2 fully saturated rings. The first kappa shape index (κ1) is 15.9. The molecule has 2 N–H and O–H groups in total. The highest BCUT2D eigenvalue weighted by molar-refractivity contribution is 5.82. The molecule has 122 valence electrons. The van der Waals surface area contributed by atoms with Crippen LogP contribution in [0.3, 0.4) is 0 Å². The standard InChI is InChI=1S/C17H21FN4O/c18-14-5-6-22(11-14)17(23)16-7-15(10-21-16)20-9-13-3-1-12(8-19)2-4-13/h1-4,14-16,20-21H,5-7,9-11H2/t14?,15-,16-/m0/s1. The van der Waals surface area contributed by atoms with Gasteiger partial charge in [-0.25, -0.2) is 4.39 Å². The molecule has 2 heterocycles. The number of rotatable bonds is 4. The summed E-state index contributed by atoms with van der Waals surface area (Å²) in [7, 11) is 0. The van der Waals surface area contributed by atoms with Crippen molar-refractivity contribution < 1.29 is 9.18 Å². The number of nitriles is 1. The highest BCUT2D eigenvalue weighted by Crippen LogP contribution is 2.17. The van der Waals surface area contributed by atoms with Crippen LogP contribution in [0, 0.1) is 11.3 Å². The van der Waals surface area contributed by atoms with E-state index >= 15 is 0 Å². The van der Waals surface area contributed by atoms with E-state index in [0.29, 0.717) is 25.1 Å². The fraction of sp³-hybridized carbons (Fsp3) is 0.529. The Labute approximate surface area is 135 Å². The largest absolute Gasteiger partial charge is 0.338 e. The number of halogens is 1. The van der Waals surface area contributed by atoms with Crippen LogP contribution in [0.15, 0.2) is 24.3 Å². The topological polar surface area (TPSA) is 68.2 Å². The summed E-state index contributed by atoms with van der Waals surface area (Å²) in [5, 5.41) is 15.4. The molecule has 0 bridgehead atoms. The molecular formula is C17H21FN4O. The number of alkyl halides is 1. The van der Waals surface area contributed by atoms with E-state index in [1.165, 1.54) is 0 Å². The molecule has 23 heavy (non-hydrogen) atoms. The van der Waals surface area contributed by atoms with Gasteiger partial charge >= 0.3 is 0 Å². The molecule has 0 saturated carbocycles. The van der Waals surface area contributed by atoms with Crippen LogP contribution in [-0.4, -0.2) is 48.7 Å². The Balaban J connectivity index is 1.46. The van der Waals surface area contributed by atoms with Crippen molar-refractivity contribution in [1.29, 1.82) is 5.26 Å². The van der Waals surface area contributed by atoms with Gasteiger partial charge in [0.15, 0.2) is 0 Å². The van der Waals surface area contributed by atoms with E-state index < -0.39 is 6.17 Å². The summed E-state index contributed by atoms with van der Waals surface area (Å²) < 4.78 is 13.2. The molecule has 3 atom stereocenters. The Morgan fingerprint density at radius 2 is 2.22 bits per heavy atom. The van der Waals surface area contributed by atoms with E-state index in [1.54, 1.807) is 17.0 Å². The molecule has 2 saturated heterocycles. The van der Waals surface area contributed by atoms with Crippen molar-refractivity contribution >= 4 is 5.91 Å². The van der Waals surface area contributed by atoms with E-state index in [0.717, 1.165) is 18.5 Å². The second kappa shape index (κ2) is 7.07. The molecule has 1 amide bonds. The lowest BCUT2D eigenvalue weighted by molar-refractivity contribution is -0.132. The third kappa shape index (κ3) is 3.87. The number of benzene rings is 1. The molecule has 0 radical (unpaired) electrons. The zero-order valence-electron chi connectivity index (χ0n) is 13.0. The summed E-state index contributed by atoms with van der Waals surface area (Å²) >= 11 is 0. The number of nitrogens with zero attached hydrogens (tertiary/aromatic N) is 2. The minimum absolute atomic E-state index is 0.0211. The van der Waals surface area contributed by atoms with Gasteiger partial charge in [-0.1, -0.05) is 12.1 Å². The lowest BCUT2D eigenvalue weighted by Gasteiger charge is -2.20. The highest BCUT2D eigenvalue weighted by Gasteiger charge is 2.35. The van der Waals surface area contributed by atoms with Gasteiger partial charge in [-0.3, -0.25) is 4.79 Å². The van der Waals surface area contributed by atoms with E-state index in [-0.39, 0.29) is 24.5 Å². The predicted octanol–water partition coefficient (Wildman–Crippen LogP) is 0.949.